The summed E-state index contributed by atoms with van der Waals surface area (Å²) in [6.45, 7) is 7.42. The highest BCUT2D eigenvalue weighted by Gasteiger charge is 2.27. The number of nitrogens with zero attached hydrogens (tertiary/aromatic N) is 4. The molecule has 12 heteroatoms. The Morgan fingerprint density at radius 3 is 2.39 bits per heavy atom. The number of primary sulfonamides is 1. The first-order valence-electron chi connectivity index (χ1n) is 13.1. The van der Waals surface area contributed by atoms with Crippen LogP contribution in [0.15, 0.2) is 58.3 Å². The number of rotatable bonds is 11. The molecule has 0 bridgehead atoms. The maximum atomic E-state index is 11.8. The number of hydrogen-bond donors (Lipinski definition) is 2. The molecule has 0 unspecified atom stereocenters. The number of piperidine rings is 1. The third kappa shape index (κ3) is 8.14. The fourth-order valence-corrected chi connectivity index (χ4v) is 6.67. The van der Waals surface area contributed by atoms with Gasteiger partial charge in [0.2, 0.25) is 10.0 Å². The highest BCUT2D eigenvalue weighted by Crippen LogP contribution is 2.30. The first-order chi connectivity index (χ1) is 18.2. The van der Waals surface area contributed by atoms with Gasteiger partial charge >= 0.3 is 0 Å². The van der Waals surface area contributed by atoms with Crippen molar-refractivity contribution in [3.8, 4) is 0 Å². The molecule has 2 fully saturated rings. The van der Waals surface area contributed by atoms with Crippen molar-refractivity contribution in [2.24, 2.45) is 5.14 Å². The van der Waals surface area contributed by atoms with Crippen LogP contribution in [0.1, 0.15) is 19.3 Å². The number of likely N-dealkylation sites (tertiary alicyclic amines) is 1. The third-order valence-corrected chi connectivity index (χ3v) is 9.54. The topological polar surface area (TPSA) is 125 Å². The molecular weight excluding hydrogens is 524 g/mol. The third-order valence-electron chi connectivity index (χ3n) is 7.45. The van der Waals surface area contributed by atoms with Gasteiger partial charge in [-0.2, -0.15) is 0 Å². The van der Waals surface area contributed by atoms with Crippen molar-refractivity contribution in [2.45, 2.75) is 41.1 Å². The molecule has 3 N–H and O–H groups in total. The van der Waals surface area contributed by atoms with Gasteiger partial charge in [-0.3, -0.25) is 15.0 Å². The highest BCUT2D eigenvalue weighted by molar-refractivity contribution is 7.99. The second-order valence-corrected chi connectivity index (χ2v) is 12.8. The molecule has 208 valence electrons. The Morgan fingerprint density at radius 1 is 1.08 bits per heavy atom. The Kier molecular flexibility index (Phi) is 10.0. The standard InChI is InChI=1S/C26H38N6O4S2/c1-29-12-10-22(11-13-29)31-17-15-30(16-18-31)14-9-21(20-37-23-5-3-2-4-6-23)28-25-8-7-24(38(27,35)36)19-26(25)32(33)34/h2-8,19,21-22,28H,9-18,20H2,1H3,(H2,27,35,36)/t21-/m1/s1. The van der Waals surface area contributed by atoms with E-state index < -0.39 is 14.9 Å². The Labute approximate surface area is 229 Å². The Bertz CT molecular complexity index is 1170. The van der Waals surface area contributed by atoms with E-state index in [1.54, 1.807) is 11.8 Å². The molecule has 0 amide bonds. The van der Waals surface area contributed by atoms with Gasteiger partial charge in [0.05, 0.1) is 9.82 Å². The summed E-state index contributed by atoms with van der Waals surface area (Å²) in [5.41, 5.74) is 0.00567. The Morgan fingerprint density at radius 2 is 1.76 bits per heavy atom. The summed E-state index contributed by atoms with van der Waals surface area (Å²) in [7, 11) is -1.85. The molecule has 2 heterocycles. The number of benzene rings is 2. The van der Waals surface area contributed by atoms with Crippen molar-refractivity contribution in [3.05, 3.63) is 58.6 Å². The van der Waals surface area contributed by atoms with Gasteiger partial charge in [-0.05, 0) is 63.7 Å². The van der Waals surface area contributed by atoms with Gasteiger partial charge in [-0.25, -0.2) is 13.6 Å². The number of thioether (sulfide) groups is 1. The van der Waals surface area contributed by atoms with Crippen LogP contribution in [0.4, 0.5) is 11.4 Å². The average Bonchev–Trinajstić information content (AvgIpc) is 2.91. The minimum Gasteiger partial charge on any atom is -0.376 e. The van der Waals surface area contributed by atoms with Crippen LogP contribution >= 0.6 is 11.8 Å². The van der Waals surface area contributed by atoms with Gasteiger partial charge in [0.25, 0.3) is 5.69 Å². The lowest BCUT2D eigenvalue weighted by molar-refractivity contribution is -0.384. The van der Waals surface area contributed by atoms with Crippen molar-refractivity contribution in [2.75, 3.05) is 63.9 Å². The van der Waals surface area contributed by atoms with Crippen LogP contribution in [-0.4, -0.2) is 98.7 Å². The van der Waals surface area contributed by atoms with E-state index in [9.17, 15) is 18.5 Å². The molecule has 4 rings (SSSR count). The van der Waals surface area contributed by atoms with E-state index in [-0.39, 0.29) is 16.6 Å². The number of nitro groups is 1. The number of piperazine rings is 1. The maximum Gasteiger partial charge on any atom is 0.293 e. The zero-order valence-electron chi connectivity index (χ0n) is 21.9. The Hall–Kier alpha value is -2.22. The summed E-state index contributed by atoms with van der Waals surface area (Å²) in [6.07, 6.45) is 3.28. The van der Waals surface area contributed by atoms with E-state index in [1.165, 1.54) is 38.1 Å². The smallest absolute Gasteiger partial charge is 0.293 e. The number of sulfonamides is 1. The van der Waals surface area contributed by atoms with Crippen molar-refractivity contribution < 1.29 is 13.3 Å². The Balaban J connectivity index is 1.39. The number of nitro benzene ring substituents is 1. The van der Waals surface area contributed by atoms with Crippen LogP contribution in [0.5, 0.6) is 0 Å². The quantitative estimate of drug-likeness (QED) is 0.242. The maximum absolute atomic E-state index is 11.8. The average molecular weight is 563 g/mol. The van der Waals surface area contributed by atoms with Gasteiger partial charge < -0.3 is 15.1 Å². The van der Waals surface area contributed by atoms with Gasteiger partial charge in [0.1, 0.15) is 5.69 Å². The second-order valence-electron chi connectivity index (χ2n) is 10.1. The van der Waals surface area contributed by atoms with Crippen molar-refractivity contribution in [1.29, 1.82) is 0 Å². The molecule has 10 nitrogen and oxygen atoms in total. The summed E-state index contributed by atoms with van der Waals surface area (Å²) in [6, 6.07) is 14.5. The fourth-order valence-electron chi connectivity index (χ4n) is 5.14. The second kappa shape index (κ2) is 13.2. The van der Waals surface area contributed by atoms with Gasteiger partial charge in [0.15, 0.2) is 0 Å². The SMILES string of the molecule is CN1CCC(N2CCN(CC[C@H](CSc3ccccc3)Nc3ccc(S(N)(=O)=O)cc3[N+](=O)[O-])CC2)CC1. The van der Waals surface area contributed by atoms with Crippen molar-refractivity contribution in [1.82, 2.24) is 14.7 Å². The molecule has 2 aliphatic heterocycles. The predicted molar refractivity (Wildman–Crippen MR) is 152 cm³/mol. The number of nitrogens with two attached hydrogens (primary N) is 1. The first-order valence-corrected chi connectivity index (χ1v) is 15.6. The summed E-state index contributed by atoms with van der Waals surface area (Å²) in [5, 5.41) is 20.3. The molecule has 38 heavy (non-hydrogen) atoms. The number of anilines is 1. The number of nitrogens with one attached hydrogen (secondary N) is 1. The van der Waals surface area contributed by atoms with E-state index in [4.69, 9.17) is 5.14 Å². The van der Waals surface area contributed by atoms with Crippen molar-refractivity contribution >= 4 is 33.2 Å². The zero-order chi connectivity index (χ0) is 27.1. The lowest BCUT2D eigenvalue weighted by Gasteiger charge is -2.42. The molecule has 0 aliphatic carbocycles. The monoisotopic (exact) mass is 562 g/mol. The molecule has 2 aliphatic rings. The van der Waals surface area contributed by atoms with Crippen LogP contribution < -0.4 is 10.5 Å². The highest BCUT2D eigenvalue weighted by atomic mass is 32.2. The van der Waals surface area contributed by atoms with E-state index in [0.717, 1.165) is 50.1 Å². The largest absolute Gasteiger partial charge is 0.376 e. The molecule has 0 aromatic heterocycles. The molecule has 0 saturated carbocycles. The summed E-state index contributed by atoms with van der Waals surface area (Å²) in [5.74, 6) is 0.716. The van der Waals surface area contributed by atoms with Crippen molar-refractivity contribution in [3.63, 3.8) is 0 Å². The lowest BCUT2D eigenvalue weighted by Crippen LogP contribution is -2.53. The molecule has 0 radical (unpaired) electrons. The van der Waals surface area contributed by atoms with Gasteiger partial charge in [0, 0.05) is 61.5 Å². The molecule has 2 aromatic carbocycles. The van der Waals surface area contributed by atoms with E-state index in [1.807, 2.05) is 30.3 Å². The van der Waals surface area contributed by atoms with Crippen LogP contribution in [0.3, 0.4) is 0 Å². The van der Waals surface area contributed by atoms with Crippen LogP contribution in [-0.2, 0) is 10.0 Å². The first kappa shape index (κ1) is 28.8. The minimum absolute atomic E-state index is 0.0499. The van der Waals surface area contributed by atoms with Gasteiger partial charge in [-0.15, -0.1) is 11.8 Å². The van der Waals surface area contributed by atoms with Crippen LogP contribution in [0.2, 0.25) is 0 Å². The predicted octanol–water partition coefficient (Wildman–Crippen LogP) is 2.92. The summed E-state index contributed by atoms with van der Waals surface area (Å²) >= 11 is 1.70. The molecule has 2 aromatic rings. The normalized spacial score (nSPS) is 19.3. The van der Waals surface area contributed by atoms with E-state index >= 15 is 0 Å². The fraction of sp³-hybridized carbons (Fsp3) is 0.538. The van der Waals surface area contributed by atoms with Gasteiger partial charge in [-0.1, -0.05) is 18.2 Å². The zero-order valence-corrected chi connectivity index (χ0v) is 23.5. The minimum atomic E-state index is -4.04. The number of hydrogen-bond acceptors (Lipinski definition) is 9. The summed E-state index contributed by atoms with van der Waals surface area (Å²) in [4.78, 5) is 19.6. The summed E-state index contributed by atoms with van der Waals surface area (Å²) < 4.78 is 23.5. The lowest BCUT2D eigenvalue weighted by atomic mass is 10.0. The molecule has 0 spiro atoms. The molecule has 1 atom stereocenters. The molecule has 2 saturated heterocycles. The van der Waals surface area contributed by atoms with Crippen LogP contribution in [0, 0.1) is 10.1 Å². The van der Waals surface area contributed by atoms with E-state index in [0.29, 0.717) is 17.5 Å². The molecular formula is C26H38N6O4S2. The van der Waals surface area contributed by atoms with E-state index in [2.05, 4.69) is 27.1 Å². The van der Waals surface area contributed by atoms with Crippen LogP contribution in [0.25, 0.3) is 0 Å².